The standard InChI is InChI=1S/C8H10Cl2N2O/c9-7-8(10)12(5-11-7)4-6-2-1-3-13-6/h5-6H,1-4H2. The van der Waals surface area contributed by atoms with Crippen LogP contribution in [0.2, 0.25) is 10.3 Å². The summed E-state index contributed by atoms with van der Waals surface area (Å²) in [7, 11) is 0. The Labute approximate surface area is 86.6 Å². The molecule has 0 saturated carbocycles. The molecule has 0 aliphatic carbocycles. The third kappa shape index (κ3) is 1.98. The third-order valence-corrected chi connectivity index (χ3v) is 2.93. The lowest BCUT2D eigenvalue weighted by molar-refractivity contribution is 0.0970. The molecule has 1 saturated heterocycles. The molecule has 3 nitrogen and oxygen atoms in total. The van der Waals surface area contributed by atoms with Crippen LogP contribution >= 0.6 is 23.2 Å². The van der Waals surface area contributed by atoms with Gasteiger partial charge in [0, 0.05) is 6.61 Å². The van der Waals surface area contributed by atoms with Crippen molar-refractivity contribution >= 4 is 23.2 Å². The molecule has 2 heterocycles. The number of hydrogen-bond acceptors (Lipinski definition) is 2. The van der Waals surface area contributed by atoms with E-state index in [0.717, 1.165) is 26.0 Å². The monoisotopic (exact) mass is 220 g/mol. The number of ether oxygens (including phenoxy) is 1. The topological polar surface area (TPSA) is 27.1 Å². The fraction of sp³-hybridized carbons (Fsp3) is 0.625. The zero-order valence-electron chi connectivity index (χ0n) is 7.04. The highest BCUT2D eigenvalue weighted by molar-refractivity contribution is 6.40. The van der Waals surface area contributed by atoms with E-state index in [9.17, 15) is 0 Å². The molecule has 0 bridgehead atoms. The lowest BCUT2D eigenvalue weighted by Gasteiger charge is -2.10. The average molecular weight is 221 g/mol. The molecule has 1 aromatic rings. The van der Waals surface area contributed by atoms with Crippen LogP contribution in [0.15, 0.2) is 6.33 Å². The van der Waals surface area contributed by atoms with Gasteiger partial charge in [-0.15, -0.1) is 0 Å². The van der Waals surface area contributed by atoms with Crippen LogP contribution in [0, 0.1) is 0 Å². The van der Waals surface area contributed by atoms with Crippen LogP contribution in [-0.2, 0) is 11.3 Å². The molecule has 1 aromatic heterocycles. The van der Waals surface area contributed by atoms with E-state index in [4.69, 9.17) is 27.9 Å². The molecule has 0 aromatic carbocycles. The van der Waals surface area contributed by atoms with Gasteiger partial charge in [0.25, 0.3) is 0 Å². The van der Waals surface area contributed by atoms with Gasteiger partial charge >= 0.3 is 0 Å². The minimum absolute atomic E-state index is 0.266. The Morgan fingerprint density at radius 1 is 1.62 bits per heavy atom. The Kier molecular flexibility index (Phi) is 2.77. The maximum atomic E-state index is 5.90. The van der Waals surface area contributed by atoms with Gasteiger partial charge < -0.3 is 9.30 Å². The quantitative estimate of drug-likeness (QED) is 0.766. The summed E-state index contributed by atoms with van der Waals surface area (Å²) in [6.45, 7) is 1.60. The van der Waals surface area contributed by atoms with E-state index in [1.54, 1.807) is 6.33 Å². The molecule has 0 spiro atoms. The number of nitrogens with zero attached hydrogens (tertiary/aromatic N) is 2. The van der Waals surface area contributed by atoms with Crippen LogP contribution in [0.3, 0.4) is 0 Å². The van der Waals surface area contributed by atoms with E-state index in [-0.39, 0.29) is 6.10 Å². The molecule has 1 aliphatic heterocycles. The summed E-state index contributed by atoms with van der Waals surface area (Å²) in [6, 6.07) is 0. The molecule has 0 radical (unpaired) electrons. The predicted octanol–water partition coefficient (Wildman–Crippen LogP) is 2.37. The van der Waals surface area contributed by atoms with E-state index in [2.05, 4.69) is 4.98 Å². The fourth-order valence-corrected chi connectivity index (χ4v) is 1.79. The number of halogens is 2. The van der Waals surface area contributed by atoms with Gasteiger partial charge in [0.05, 0.1) is 19.0 Å². The molecular formula is C8H10Cl2N2O. The molecule has 1 atom stereocenters. The van der Waals surface area contributed by atoms with Crippen molar-refractivity contribution in [1.82, 2.24) is 9.55 Å². The number of imidazole rings is 1. The first-order valence-corrected chi connectivity index (χ1v) is 5.00. The van der Waals surface area contributed by atoms with Crippen molar-refractivity contribution in [2.75, 3.05) is 6.61 Å². The van der Waals surface area contributed by atoms with E-state index in [1.165, 1.54) is 0 Å². The normalized spacial score (nSPS) is 22.5. The van der Waals surface area contributed by atoms with Crippen LogP contribution in [0.5, 0.6) is 0 Å². The number of hydrogen-bond donors (Lipinski definition) is 0. The van der Waals surface area contributed by atoms with E-state index >= 15 is 0 Å². The van der Waals surface area contributed by atoms with Crippen molar-refractivity contribution in [2.45, 2.75) is 25.5 Å². The maximum Gasteiger partial charge on any atom is 0.166 e. The van der Waals surface area contributed by atoms with Crippen molar-refractivity contribution in [2.24, 2.45) is 0 Å². The largest absolute Gasteiger partial charge is 0.376 e. The van der Waals surface area contributed by atoms with Gasteiger partial charge in [0.2, 0.25) is 0 Å². The lowest BCUT2D eigenvalue weighted by Crippen LogP contribution is -2.14. The Bertz CT molecular complexity index is 294. The van der Waals surface area contributed by atoms with E-state index in [0.29, 0.717) is 10.3 Å². The number of aromatic nitrogens is 2. The second kappa shape index (κ2) is 3.86. The molecule has 0 amide bonds. The molecule has 1 fully saturated rings. The Balaban J connectivity index is 2.04. The zero-order chi connectivity index (χ0) is 9.26. The molecular weight excluding hydrogens is 211 g/mol. The summed E-state index contributed by atoms with van der Waals surface area (Å²) >= 11 is 11.6. The first-order chi connectivity index (χ1) is 6.27. The summed E-state index contributed by atoms with van der Waals surface area (Å²) in [5.41, 5.74) is 0. The average Bonchev–Trinajstić information content (AvgIpc) is 2.71. The highest BCUT2D eigenvalue weighted by Crippen LogP contribution is 2.22. The molecule has 13 heavy (non-hydrogen) atoms. The predicted molar refractivity (Wildman–Crippen MR) is 51.2 cm³/mol. The number of rotatable bonds is 2. The van der Waals surface area contributed by atoms with Crippen molar-refractivity contribution < 1.29 is 4.74 Å². The van der Waals surface area contributed by atoms with Crippen molar-refractivity contribution in [3.8, 4) is 0 Å². The second-order valence-corrected chi connectivity index (χ2v) is 3.83. The smallest absolute Gasteiger partial charge is 0.166 e. The molecule has 0 N–H and O–H groups in total. The summed E-state index contributed by atoms with van der Waals surface area (Å²) in [5, 5.41) is 0.858. The molecule has 1 unspecified atom stereocenters. The van der Waals surface area contributed by atoms with Gasteiger partial charge in [-0.1, -0.05) is 23.2 Å². The first kappa shape index (κ1) is 9.31. The highest BCUT2D eigenvalue weighted by atomic mass is 35.5. The Morgan fingerprint density at radius 2 is 2.46 bits per heavy atom. The van der Waals surface area contributed by atoms with Crippen molar-refractivity contribution in [3.63, 3.8) is 0 Å². The molecule has 72 valence electrons. The van der Waals surface area contributed by atoms with Gasteiger partial charge in [-0.25, -0.2) is 4.98 Å². The highest BCUT2D eigenvalue weighted by Gasteiger charge is 2.17. The summed E-state index contributed by atoms with van der Waals surface area (Å²) in [5.74, 6) is 0. The SMILES string of the molecule is Clc1ncn(CC2CCCO2)c1Cl. The van der Waals surface area contributed by atoms with Crippen molar-refractivity contribution in [1.29, 1.82) is 0 Å². The maximum absolute atomic E-state index is 5.90. The fourth-order valence-electron chi connectivity index (χ4n) is 1.48. The van der Waals surface area contributed by atoms with Gasteiger partial charge in [0.15, 0.2) is 5.15 Å². The minimum atomic E-state index is 0.266. The molecule has 2 rings (SSSR count). The Morgan fingerprint density at radius 3 is 3.00 bits per heavy atom. The summed E-state index contributed by atoms with van der Waals surface area (Å²) < 4.78 is 7.29. The van der Waals surface area contributed by atoms with Crippen LogP contribution in [0.25, 0.3) is 0 Å². The first-order valence-electron chi connectivity index (χ1n) is 4.25. The third-order valence-electron chi connectivity index (χ3n) is 2.16. The van der Waals surface area contributed by atoms with Crippen LogP contribution < -0.4 is 0 Å². The van der Waals surface area contributed by atoms with Gasteiger partial charge in [-0.2, -0.15) is 0 Å². The minimum Gasteiger partial charge on any atom is -0.376 e. The van der Waals surface area contributed by atoms with Crippen LogP contribution in [0.1, 0.15) is 12.8 Å². The zero-order valence-corrected chi connectivity index (χ0v) is 8.55. The van der Waals surface area contributed by atoms with Crippen LogP contribution in [0.4, 0.5) is 0 Å². The van der Waals surface area contributed by atoms with E-state index < -0.39 is 0 Å². The molecule has 1 aliphatic rings. The van der Waals surface area contributed by atoms with Gasteiger partial charge in [-0.3, -0.25) is 0 Å². The van der Waals surface area contributed by atoms with Crippen molar-refractivity contribution in [3.05, 3.63) is 16.6 Å². The Hall–Kier alpha value is -0.250. The van der Waals surface area contributed by atoms with E-state index in [1.807, 2.05) is 4.57 Å². The summed E-state index contributed by atoms with van der Waals surface area (Å²) in [6.07, 6.45) is 4.13. The second-order valence-electron chi connectivity index (χ2n) is 3.11. The van der Waals surface area contributed by atoms with Crippen LogP contribution in [-0.4, -0.2) is 22.3 Å². The molecule has 5 heteroatoms. The lowest BCUT2D eigenvalue weighted by atomic mass is 10.2. The van der Waals surface area contributed by atoms with Gasteiger partial charge in [0.1, 0.15) is 5.15 Å². The van der Waals surface area contributed by atoms with Gasteiger partial charge in [-0.05, 0) is 12.8 Å². The summed E-state index contributed by atoms with van der Waals surface area (Å²) in [4.78, 5) is 3.90.